The number of aryl methyl sites for hydroxylation is 2. The number of carbonyl (C=O) groups excluding carboxylic acids is 1. The van der Waals surface area contributed by atoms with E-state index in [0.29, 0.717) is 41.6 Å². The summed E-state index contributed by atoms with van der Waals surface area (Å²) >= 11 is 0. The summed E-state index contributed by atoms with van der Waals surface area (Å²) in [5.41, 5.74) is 5.58. The third-order valence-electron chi connectivity index (χ3n) is 6.87. The minimum absolute atomic E-state index is 0.0634. The molecule has 0 saturated carbocycles. The summed E-state index contributed by atoms with van der Waals surface area (Å²) in [6.07, 6.45) is 4.88. The van der Waals surface area contributed by atoms with Gasteiger partial charge in [-0.05, 0) is 61.4 Å². The molecule has 0 amide bonds. The number of esters is 1. The van der Waals surface area contributed by atoms with Crippen molar-refractivity contribution in [2.45, 2.75) is 20.5 Å². The molecule has 0 saturated heterocycles. The largest absolute Gasteiger partial charge is 0.486 e. The molecule has 3 heterocycles. The van der Waals surface area contributed by atoms with Gasteiger partial charge in [0.15, 0.2) is 11.5 Å². The summed E-state index contributed by atoms with van der Waals surface area (Å²) in [4.78, 5) is 24.9. The Morgan fingerprint density at radius 3 is 2.62 bits per heavy atom. The predicted molar refractivity (Wildman–Crippen MR) is 151 cm³/mol. The highest BCUT2D eigenvalue weighted by molar-refractivity contribution is 5.89. The van der Waals surface area contributed by atoms with Gasteiger partial charge in [-0.15, -0.1) is 0 Å². The van der Waals surface area contributed by atoms with Crippen LogP contribution in [0.15, 0.2) is 88.2 Å². The van der Waals surface area contributed by atoms with Crippen LogP contribution in [0.4, 0.5) is 0 Å². The van der Waals surface area contributed by atoms with E-state index in [4.69, 9.17) is 23.7 Å². The van der Waals surface area contributed by atoms with Crippen LogP contribution in [0.25, 0.3) is 34.0 Å². The molecule has 2 aromatic heterocycles. The zero-order valence-corrected chi connectivity index (χ0v) is 22.0. The Bertz CT molecular complexity index is 1820. The number of nitrogens with zero attached hydrogens (tertiary/aromatic N) is 2. The van der Waals surface area contributed by atoms with E-state index in [2.05, 4.69) is 0 Å². The lowest BCUT2D eigenvalue weighted by molar-refractivity contribution is -0.138. The van der Waals surface area contributed by atoms with E-state index in [0.717, 1.165) is 33.3 Å². The van der Waals surface area contributed by atoms with Gasteiger partial charge in [-0.3, -0.25) is 0 Å². The van der Waals surface area contributed by atoms with Crippen molar-refractivity contribution in [1.82, 2.24) is 9.78 Å². The van der Waals surface area contributed by atoms with Crippen molar-refractivity contribution in [1.29, 1.82) is 0 Å². The second kappa shape index (κ2) is 10.6. The number of aromatic nitrogens is 2. The molecule has 0 spiro atoms. The van der Waals surface area contributed by atoms with E-state index in [1.165, 1.54) is 12.1 Å². The molecule has 0 fully saturated rings. The topological polar surface area (TPSA) is 92.8 Å². The summed E-state index contributed by atoms with van der Waals surface area (Å²) in [6.45, 7) is 4.77. The summed E-state index contributed by atoms with van der Waals surface area (Å²) < 4.78 is 24.1. The van der Waals surface area contributed by atoms with Crippen LogP contribution in [0.3, 0.4) is 0 Å². The van der Waals surface area contributed by atoms with Gasteiger partial charge in [-0.2, -0.15) is 5.10 Å². The molecule has 1 aliphatic rings. The molecule has 6 rings (SSSR count). The van der Waals surface area contributed by atoms with Crippen molar-refractivity contribution in [3.63, 3.8) is 0 Å². The van der Waals surface area contributed by atoms with Crippen LogP contribution in [0.2, 0.25) is 0 Å². The quantitative estimate of drug-likeness (QED) is 0.155. The number of ether oxygens (including phenoxy) is 3. The van der Waals surface area contributed by atoms with Gasteiger partial charge in [0, 0.05) is 40.4 Å². The van der Waals surface area contributed by atoms with Gasteiger partial charge in [-0.25, -0.2) is 14.3 Å². The van der Waals surface area contributed by atoms with Gasteiger partial charge in [0.25, 0.3) is 0 Å². The molecule has 40 heavy (non-hydrogen) atoms. The Morgan fingerprint density at radius 1 is 1.00 bits per heavy atom. The lowest BCUT2D eigenvalue weighted by Gasteiger charge is -2.18. The van der Waals surface area contributed by atoms with Gasteiger partial charge in [0.2, 0.25) is 0 Å². The minimum atomic E-state index is -0.550. The number of benzene rings is 3. The molecule has 0 unspecified atom stereocenters. The Labute approximate surface area is 230 Å². The van der Waals surface area contributed by atoms with Gasteiger partial charge >= 0.3 is 11.6 Å². The fourth-order valence-corrected chi connectivity index (χ4v) is 4.64. The smallest absolute Gasteiger partial charge is 0.336 e. The Morgan fingerprint density at radius 2 is 1.80 bits per heavy atom. The molecular weight excluding hydrogens is 508 g/mol. The molecule has 0 N–H and O–H groups in total. The fraction of sp³-hybridized carbons (Fsp3) is 0.156. The second-order valence-corrected chi connectivity index (χ2v) is 9.49. The van der Waals surface area contributed by atoms with Crippen LogP contribution in [-0.4, -0.2) is 29.0 Å². The van der Waals surface area contributed by atoms with Gasteiger partial charge < -0.3 is 18.6 Å². The van der Waals surface area contributed by atoms with E-state index in [1.807, 2.05) is 80.7 Å². The van der Waals surface area contributed by atoms with Crippen molar-refractivity contribution in [2.75, 3.05) is 13.2 Å². The molecule has 8 heteroatoms. The highest BCUT2D eigenvalue weighted by atomic mass is 16.6. The first-order valence-electron chi connectivity index (χ1n) is 12.9. The van der Waals surface area contributed by atoms with Crippen molar-refractivity contribution in [2.24, 2.45) is 0 Å². The van der Waals surface area contributed by atoms with Crippen molar-refractivity contribution < 1.29 is 23.4 Å². The molecule has 0 atom stereocenters. The Kier molecular flexibility index (Phi) is 6.66. The van der Waals surface area contributed by atoms with E-state index >= 15 is 0 Å². The molecule has 3 aromatic carbocycles. The predicted octanol–water partition coefficient (Wildman–Crippen LogP) is 5.79. The SMILES string of the molecule is Cc1ccc2c(COC(=O)C=Cc3cn(-c4ccccc4)nc3-c3ccc4c(c3)OCCO4)cc(=O)oc2c1C. The first-order valence-corrected chi connectivity index (χ1v) is 12.9. The minimum Gasteiger partial charge on any atom is -0.486 e. The fourth-order valence-electron chi connectivity index (χ4n) is 4.64. The first-order chi connectivity index (χ1) is 19.5. The van der Waals surface area contributed by atoms with Crippen LogP contribution in [0.5, 0.6) is 11.5 Å². The highest BCUT2D eigenvalue weighted by Crippen LogP contribution is 2.35. The third-order valence-corrected chi connectivity index (χ3v) is 6.87. The highest BCUT2D eigenvalue weighted by Gasteiger charge is 2.17. The molecule has 0 aliphatic carbocycles. The summed E-state index contributed by atoms with van der Waals surface area (Å²) in [5, 5.41) is 5.54. The average Bonchev–Trinajstić information content (AvgIpc) is 3.41. The molecule has 8 nitrogen and oxygen atoms in total. The van der Waals surface area contributed by atoms with Gasteiger partial charge in [0.1, 0.15) is 31.1 Å². The second-order valence-electron chi connectivity index (χ2n) is 9.49. The van der Waals surface area contributed by atoms with Crippen LogP contribution in [0.1, 0.15) is 22.3 Å². The monoisotopic (exact) mass is 534 g/mol. The molecular formula is C32H26N2O6. The van der Waals surface area contributed by atoms with Crippen LogP contribution >= 0.6 is 0 Å². The van der Waals surface area contributed by atoms with E-state index < -0.39 is 11.6 Å². The van der Waals surface area contributed by atoms with E-state index in [1.54, 1.807) is 10.8 Å². The summed E-state index contributed by atoms with van der Waals surface area (Å²) in [5.74, 6) is 0.786. The average molecular weight is 535 g/mol. The normalized spacial score (nSPS) is 12.7. The zero-order valence-electron chi connectivity index (χ0n) is 22.0. The number of para-hydroxylation sites is 1. The molecule has 0 bridgehead atoms. The maximum absolute atomic E-state index is 12.8. The number of carbonyl (C=O) groups is 1. The number of fused-ring (bicyclic) bond motifs is 2. The first kappa shape index (κ1) is 25.2. The Balaban J connectivity index is 1.28. The summed E-state index contributed by atoms with van der Waals surface area (Å²) in [7, 11) is 0. The maximum Gasteiger partial charge on any atom is 0.336 e. The number of hydrogen-bond acceptors (Lipinski definition) is 7. The standard InChI is InChI=1S/C32H26N2O6/c1-20-8-11-26-24(17-30(36)40-32(26)21(20)2)19-39-29(35)13-10-23-18-34(25-6-4-3-5-7-25)33-31(23)22-9-12-27-28(16-22)38-15-14-37-27/h3-13,16-18H,14-15,19H2,1-2H3. The van der Waals surface area contributed by atoms with E-state index in [-0.39, 0.29) is 6.61 Å². The number of hydrogen-bond donors (Lipinski definition) is 0. The van der Waals surface area contributed by atoms with Gasteiger partial charge in [-0.1, -0.05) is 30.3 Å². The molecule has 0 radical (unpaired) electrons. The lowest BCUT2D eigenvalue weighted by atomic mass is 10.0. The van der Waals surface area contributed by atoms with E-state index in [9.17, 15) is 9.59 Å². The van der Waals surface area contributed by atoms with Gasteiger partial charge in [0.05, 0.1) is 5.69 Å². The summed E-state index contributed by atoms with van der Waals surface area (Å²) in [6, 6.07) is 20.5. The molecule has 200 valence electrons. The van der Waals surface area contributed by atoms with Crippen LogP contribution in [-0.2, 0) is 16.1 Å². The van der Waals surface area contributed by atoms with Crippen LogP contribution < -0.4 is 15.1 Å². The zero-order chi connectivity index (χ0) is 27.6. The third kappa shape index (κ3) is 4.99. The lowest BCUT2D eigenvalue weighted by Crippen LogP contribution is -2.15. The van der Waals surface area contributed by atoms with Crippen molar-refractivity contribution in [3.05, 3.63) is 112 Å². The van der Waals surface area contributed by atoms with Crippen molar-refractivity contribution >= 4 is 23.0 Å². The molecule has 5 aromatic rings. The van der Waals surface area contributed by atoms with Crippen molar-refractivity contribution in [3.8, 4) is 28.4 Å². The maximum atomic E-state index is 12.8. The Hall–Kier alpha value is -5.11. The van der Waals surface area contributed by atoms with Crippen LogP contribution in [0, 0.1) is 13.8 Å². The number of rotatable bonds is 6. The molecule has 1 aliphatic heterocycles.